The minimum absolute atomic E-state index is 0. The molecule has 2 heterocycles. The lowest BCUT2D eigenvalue weighted by Gasteiger charge is -2.26. The van der Waals surface area contributed by atoms with Crippen molar-refractivity contribution in [1.29, 1.82) is 0 Å². The Kier molecular flexibility index (Phi) is 4.30. The van der Waals surface area contributed by atoms with E-state index in [2.05, 4.69) is 16.6 Å². The fourth-order valence-electron chi connectivity index (χ4n) is 2.97. The number of aromatic nitrogens is 2. The lowest BCUT2D eigenvalue weighted by Crippen LogP contribution is -2.38. The number of fused-ring (bicyclic) bond motifs is 2. The quantitative estimate of drug-likeness (QED) is 0.881. The minimum atomic E-state index is 0. The molecule has 0 fully saturated rings. The summed E-state index contributed by atoms with van der Waals surface area (Å²) in [6.07, 6.45) is 2.80. The summed E-state index contributed by atoms with van der Waals surface area (Å²) in [5.41, 5.74) is 4.85. The number of rotatable bonds is 1. The third kappa shape index (κ3) is 2.52. The first-order valence-electron chi connectivity index (χ1n) is 6.57. The van der Waals surface area contributed by atoms with Crippen molar-refractivity contribution in [2.75, 3.05) is 0 Å². The summed E-state index contributed by atoms with van der Waals surface area (Å²) < 4.78 is 4.40. The van der Waals surface area contributed by atoms with E-state index in [9.17, 15) is 4.79 Å². The first kappa shape index (κ1) is 15.2. The van der Waals surface area contributed by atoms with Crippen molar-refractivity contribution in [3.8, 4) is 0 Å². The van der Waals surface area contributed by atoms with Crippen molar-refractivity contribution in [3.05, 3.63) is 22.5 Å². The van der Waals surface area contributed by atoms with Gasteiger partial charge in [-0.25, -0.2) is 4.98 Å². The molecule has 108 valence electrons. The fourth-order valence-corrected chi connectivity index (χ4v) is 3.83. The third-order valence-electron chi connectivity index (χ3n) is 3.84. The van der Waals surface area contributed by atoms with Crippen molar-refractivity contribution < 1.29 is 4.79 Å². The van der Waals surface area contributed by atoms with E-state index >= 15 is 0 Å². The van der Waals surface area contributed by atoms with Gasteiger partial charge in [0.25, 0.3) is 0 Å². The SMILES string of the molecule is CC(=O)NC1CCc2nc3snc(C)c3c(C)c2C1.Cl. The van der Waals surface area contributed by atoms with Crippen LogP contribution in [0.5, 0.6) is 0 Å². The molecule has 0 saturated heterocycles. The predicted molar refractivity (Wildman–Crippen MR) is 83.8 cm³/mol. The molecular weight excluding hydrogens is 294 g/mol. The number of nitrogens with one attached hydrogen (secondary N) is 1. The number of pyridine rings is 1. The largest absolute Gasteiger partial charge is 0.353 e. The number of nitrogens with zero attached hydrogens (tertiary/aromatic N) is 2. The van der Waals surface area contributed by atoms with Crippen LogP contribution in [0.2, 0.25) is 0 Å². The van der Waals surface area contributed by atoms with Crippen LogP contribution in [0.15, 0.2) is 0 Å². The van der Waals surface area contributed by atoms with E-state index in [1.807, 2.05) is 6.92 Å². The second-order valence-corrected chi connectivity index (χ2v) is 6.00. The predicted octanol–water partition coefficient (Wildman–Crippen LogP) is 2.72. The Bertz CT molecular complexity index is 668. The van der Waals surface area contributed by atoms with Gasteiger partial charge in [-0.2, -0.15) is 4.37 Å². The molecule has 20 heavy (non-hydrogen) atoms. The summed E-state index contributed by atoms with van der Waals surface area (Å²) in [4.78, 5) is 17.0. The number of carbonyl (C=O) groups is 1. The van der Waals surface area contributed by atoms with Gasteiger partial charge in [0.2, 0.25) is 5.91 Å². The normalized spacial score (nSPS) is 17.4. The van der Waals surface area contributed by atoms with Gasteiger partial charge in [-0.3, -0.25) is 4.79 Å². The number of aryl methyl sites for hydroxylation is 3. The van der Waals surface area contributed by atoms with E-state index in [-0.39, 0.29) is 24.4 Å². The molecule has 2 aromatic heterocycles. The first-order chi connectivity index (χ1) is 9.06. The molecule has 0 saturated carbocycles. The average Bonchev–Trinajstić information content (AvgIpc) is 2.71. The fraction of sp³-hybridized carbons (Fsp3) is 0.500. The molecule has 1 aliphatic rings. The molecule has 1 aliphatic carbocycles. The van der Waals surface area contributed by atoms with E-state index in [0.717, 1.165) is 29.8 Å². The van der Waals surface area contributed by atoms with Gasteiger partial charge >= 0.3 is 0 Å². The molecule has 1 amide bonds. The van der Waals surface area contributed by atoms with Gasteiger partial charge in [-0.1, -0.05) is 0 Å². The highest BCUT2D eigenvalue weighted by atomic mass is 35.5. The van der Waals surface area contributed by atoms with Gasteiger partial charge in [0, 0.05) is 24.0 Å². The Hall–Kier alpha value is -1.20. The summed E-state index contributed by atoms with van der Waals surface area (Å²) in [5, 5.41) is 4.23. The summed E-state index contributed by atoms with van der Waals surface area (Å²) >= 11 is 1.48. The monoisotopic (exact) mass is 311 g/mol. The molecule has 3 rings (SSSR count). The zero-order valence-corrected chi connectivity index (χ0v) is 13.5. The smallest absolute Gasteiger partial charge is 0.217 e. The van der Waals surface area contributed by atoms with Gasteiger partial charge in [0.1, 0.15) is 4.83 Å². The van der Waals surface area contributed by atoms with Crippen LogP contribution in [0.3, 0.4) is 0 Å². The van der Waals surface area contributed by atoms with Crippen LogP contribution in [0.4, 0.5) is 0 Å². The molecule has 6 heteroatoms. The van der Waals surface area contributed by atoms with E-state index in [1.165, 1.54) is 33.7 Å². The second-order valence-electron chi connectivity index (χ2n) is 5.25. The van der Waals surface area contributed by atoms with Crippen LogP contribution in [0, 0.1) is 13.8 Å². The number of hydrogen-bond donors (Lipinski definition) is 1. The first-order valence-corrected chi connectivity index (χ1v) is 7.35. The summed E-state index contributed by atoms with van der Waals surface area (Å²) in [6, 6.07) is 0.245. The zero-order chi connectivity index (χ0) is 13.6. The Morgan fingerprint density at radius 3 is 2.85 bits per heavy atom. The maximum atomic E-state index is 11.2. The van der Waals surface area contributed by atoms with Crippen molar-refractivity contribution in [3.63, 3.8) is 0 Å². The molecule has 2 aromatic rings. The molecule has 4 nitrogen and oxygen atoms in total. The van der Waals surface area contributed by atoms with Crippen molar-refractivity contribution in [1.82, 2.24) is 14.7 Å². The highest BCUT2D eigenvalue weighted by Crippen LogP contribution is 2.32. The number of amides is 1. The molecule has 0 bridgehead atoms. The summed E-state index contributed by atoms with van der Waals surface area (Å²) in [5.74, 6) is 0.0496. The maximum Gasteiger partial charge on any atom is 0.217 e. The molecule has 1 unspecified atom stereocenters. The molecule has 1 N–H and O–H groups in total. The van der Waals surface area contributed by atoms with Crippen molar-refractivity contribution >= 4 is 40.1 Å². The van der Waals surface area contributed by atoms with Crippen LogP contribution in [-0.4, -0.2) is 21.3 Å². The molecular formula is C14H18ClN3OS. The van der Waals surface area contributed by atoms with Gasteiger partial charge in [0.15, 0.2) is 0 Å². The Morgan fingerprint density at radius 1 is 1.40 bits per heavy atom. The van der Waals surface area contributed by atoms with Crippen LogP contribution in [0.1, 0.15) is 35.9 Å². The molecule has 0 spiro atoms. The van der Waals surface area contributed by atoms with Crippen LogP contribution in [-0.2, 0) is 17.6 Å². The summed E-state index contributed by atoms with van der Waals surface area (Å²) in [7, 11) is 0. The van der Waals surface area contributed by atoms with Gasteiger partial charge in [-0.15, -0.1) is 12.4 Å². The molecule has 1 atom stereocenters. The van der Waals surface area contributed by atoms with E-state index in [1.54, 1.807) is 6.92 Å². The Balaban J connectivity index is 0.00000147. The minimum Gasteiger partial charge on any atom is -0.353 e. The van der Waals surface area contributed by atoms with Crippen LogP contribution < -0.4 is 5.32 Å². The Labute approximate surface area is 128 Å². The van der Waals surface area contributed by atoms with Crippen molar-refractivity contribution in [2.24, 2.45) is 0 Å². The van der Waals surface area contributed by atoms with E-state index < -0.39 is 0 Å². The molecule has 0 aliphatic heterocycles. The molecule has 0 aromatic carbocycles. The average molecular weight is 312 g/mol. The lowest BCUT2D eigenvalue weighted by atomic mass is 9.88. The van der Waals surface area contributed by atoms with Crippen LogP contribution >= 0.6 is 23.9 Å². The standard InChI is InChI=1S/C14H17N3OS.ClH/c1-7-11-6-10(15-9(3)18)4-5-12(11)16-14-13(7)8(2)17-19-14;/h10H,4-6H2,1-3H3,(H,15,18);1H. The van der Waals surface area contributed by atoms with E-state index in [4.69, 9.17) is 4.98 Å². The highest BCUT2D eigenvalue weighted by Gasteiger charge is 2.24. The Morgan fingerprint density at radius 2 is 2.15 bits per heavy atom. The highest BCUT2D eigenvalue weighted by molar-refractivity contribution is 7.13. The van der Waals surface area contributed by atoms with Crippen molar-refractivity contribution in [2.45, 2.75) is 46.1 Å². The van der Waals surface area contributed by atoms with Crippen LogP contribution in [0.25, 0.3) is 10.2 Å². The van der Waals surface area contributed by atoms with Gasteiger partial charge in [0.05, 0.1) is 5.69 Å². The molecule has 0 radical (unpaired) electrons. The zero-order valence-electron chi connectivity index (χ0n) is 11.8. The van der Waals surface area contributed by atoms with Gasteiger partial charge < -0.3 is 5.32 Å². The number of hydrogen-bond acceptors (Lipinski definition) is 4. The summed E-state index contributed by atoms with van der Waals surface area (Å²) in [6.45, 7) is 5.77. The second kappa shape index (κ2) is 5.66. The third-order valence-corrected chi connectivity index (χ3v) is 4.68. The number of halogens is 1. The van der Waals surface area contributed by atoms with Gasteiger partial charge in [-0.05, 0) is 55.8 Å². The lowest BCUT2D eigenvalue weighted by molar-refractivity contribution is -0.119. The van der Waals surface area contributed by atoms with E-state index in [0.29, 0.717) is 0 Å². The number of carbonyl (C=O) groups excluding carboxylic acids is 1. The topological polar surface area (TPSA) is 54.9 Å². The maximum absolute atomic E-state index is 11.2.